The quantitative estimate of drug-likeness (QED) is 0.254. The minimum absolute atomic E-state index is 0.000566. The van der Waals surface area contributed by atoms with Crippen molar-refractivity contribution in [2.45, 2.75) is 48.8 Å². The summed E-state index contributed by atoms with van der Waals surface area (Å²) in [6.45, 7) is 0.717. The van der Waals surface area contributed by atoms with Gasteiger partial charge in [0.05, 0.1) is 24.2 Å². The Balaban J connectivity index is 1.27. The van der Waals surface area contributed by atoms with Gasteiger partial charge < -0.3 is 19.3 Å². The van der Waals surface area contributed by atoms with E-state index >= 15 is 0 Å². The van der Waals surface area contributed by atoms with Gasteiger partial charge in [-0.3, -0.25) is 4.79 Å². The van der Waals surface area contributed by atoms with E-state index < -0.39 is 33.5 Å². The van der Waals surface area contributed by atoms with Crippen molar-refractivity contribution in [1.82, 2.24) is 4.72 Å². The number of carboxylic acids is 1. The molecule has 1 fully saturated rings. The van der Waals surface area contributed by atoms with Crippen LogP contribution in [0.25, 0.3) is 0 Å². The van der Waals surface area contributed by atoms with E-state index in [1.165, 1.54) is 42.0 Å². The first-order valence-electron chi connectivity index (χ1n) is 12.8. The number of hydrogen-bond acceptors (Lipinski definition) is 6. The molecule has 2 N–H and O–H groups in total. The summed E-state index contributed by atoms with van der Waals surface area (Å²) in [5, 5.41) is 10.2. The first kappa shape index (κ1) is 30.0. The van der Waals surface area contributed by atoms with Crippen molar-refractivity contribution in [3.05, 3.63) is 94.8 Å². The Morgan fingerprint density at radius 2 is 1.85 bits per heavy atom. The van der Waals surface area contributed by atoms with Crippen LogP contribution in [0.2, 0.25) is 5.02 Å². The number of halogens is 2. The molecule has 2 unspecified atom stereocenters. The van der Waals surface area contributed by atoms with Crippen molar-refractivity contribution >= 4 is 27.6 Å². The molecule has 1 heterocycles. The van der Waals surface area contributed by atoms with E-state index in [9.17, 15) is 22.7 Å². The first-order chi connectivity index (χ1) is 19.2. The van der Waals surface area contributed by atoms with Crippen molar-refractivity contribution in [1.29, 1.82) is 0 Å². The summed E-state index contributed by atoms with van der Waals surface area (Å²) in [6, 6.07) is 19.6. The van der Waals surface area contributed by atoms with Gasteiger partial charge in [-0.05, 0) is 61.2 Å². The van der Waals surface area contributed by atoms with Gasteiger partial charge in [0.2, 0.25) is 10.0 Å². The van der Waals surface area contributed by atoms with E-state index in [2.05, 4.69) is 4.72 Å². The molecule has 214 valence electrons. The van der Waals surface area contributed by atoms with Gasteiger partial charge in [0, 0.05) is 23.6 Å². The van der Waals surface area contributed by atoms with Crippen molar-refractivity contribution in [2.75, 3.05) is 19.8 Å². The lowest BCUT2D eigenvalue weighted by Crippen LogP contribution is -2.55. The molecule has 11 heteroatoms. The number of benzene rings is 3. The second kappa shape index (κ2) is 13.6. The smallest absolute Gasteiger partial charge is 0.327 e. The number of ether oxygens (including phenoxy) is 3. The molecule has 1 saturated heterocycles. The van der Waals surface area contributed by atoms with Crippen molar-refractivity contribution < 1.29 is 36.9 Å². The number of nitrogens with one attached hydrogen (secondary N) is 1. The third-order valence-corrected chi connectivity index (χ3v) is 8.40. The molecular formula is C29H31ClFNO7S. The van der Waals surface area contributed by atoms with E-state index in [1.54, 1.807) is 6.07 Å². The zero-order chi connectivity index (χ0) is 28.6. The van der Waals surface area contributed by atoms with Crippen LogP contribution in [0.1, 0.15) is 30.4 Å². The average Bonchev–Trinajstić information content (AvgIpc) is 3.34. The highest BCUT2D eigenvalue weighted by atomic mass is 35.5. The van der Waals surface area contributed by atoms with Crippen LogP contribution in [0.15, 0.2) is 77.7 Å². The van der Waals surface area contributed by atoms with Crippen LogP contribution in [-0.2, 0) is 37.3 Å². The molecule has 0 spiro atoms. The molecule has 0 bridgehead atoms. The van der Waals surface area contributed by atoms with E-state index in [0.717, 1.165) is 6.42 Å². The number of hydrogen-bond donors (Lipinski definition) is 2. The summed E-state index contributed by atoms with van der Waals surface area (Å²) in [6.07, 6.45) is 1.59. The van der Waals surface area contributed by atoms with Crippen LogP contribution in [0, 0.1) is 5.82 Å². The third kappa shape index (κ3) is 8.02. The Morgan fingerprint density at radius 3 is 2.55 bits per heavy atom. The number of carbonyl (C=O) groups is 1. The Kier molecular flexibility index (Phi) is 10.2. The molecule has 4 rings (SSSR count). The number of aliphatic carboxylic acids is 1. The molecule has 0 aliphatic carbocycles. The van der Waals surface area contributed by atoms with Crippen molar-refractivity contribution in [3.63, 3.8) is 0 Å². The van der Waals surface area contributed by atoms with E-state index in [-0.39, 0.29) is 29.6 Å². The van der Waals surface area contributed by atoms with Gasteiger partial charge in [-0.2, -0.15) is 4.72 Å². The average molecular weight is 592 g/mol. The van der Waals surface area contributed by atoms with E-state index in [1.807, 2.05) is 30.3 Å². The van der Waals surface area contributed by atoms with Gasteiger partial charge in [0.25, 0.3) is 0 Å². The molecule has 8 nitrogen and oxygen atoms in total. The lowest BCUT2D eigenvalue weighted by Gasteiger charge is -2.24. The van der Waals surface area contributed by atoms with Gasteiger partial charge in [-0.1, -0.05) is 48.0 Å². The van der Waals surface area contributed by atoms with Crippen LogP contribution in [0.5, 0.6) is 5.75 Å². The van der Waals surface area contributed by atoms with Gasteiger partial charge in [-0.25, -0.2) is 12.8 Å². The second-order valence-corrected chi connectivity index (χ2v) is 11.7. The van der Waals surface area contributed by atoms with Crippen LogP contribution in [-0.4, -0.2) is 51.0 Å². The molecule has 2 atom stereocenters. The fourth-order valence-electron chi connectivity index (χ4n) is 4.40. The number of carboxylic acid groups (broad SMARTS) is 1. The van der Waals surface area contributed by atoms with Crippen LogP contribution >= 0.6 is 11.6 Å². The van der Waals surface area contributed by atoms with Gasteiger partial charge in [-0.15, -0.1) is 0 Å². The van der Waals surface area contributed by atoms with Crippen LogP contribution in [0.4, 0.5) is 4.39 Å². The Labute approximate surface area is 238 Å². The first-order valence-corrected chi connectivity index (χ1v) is 14.7. The third-order valence-electron chi connectivity index (χ3n) is 6.62. The van der Waals surface area contributed by atoms with Crippen molar-refractivity contribution in [2.24, 2.45) is 0 Å². The van der Waals surface area contributed by atoms with E-state index in [0.29, 0.717) is 37.4 Å². The maximum Gasteiger partial charge on any atom is 0.327 e. The number of sulfonamides is 1. The molecule has 40 heavy (non-hydrogen) atoms. The van der Waals surface area contributed by atoms with Gasteiger partial charge in [0.1, 0.15) is 18.2 Å². The zero-order valence-corrected chi connectivity index (χ0v) is 23.3. The Morgan fingerprint density at radius 1 is 1.10 bits per heavy atom. The fourth-order valence-corrected chi connectivity index (χ4v) is 5.91. The maximum atomic E-state index is 14.0. The van der Waals surface area contributed by atoms with Gasteiger partial charge >= 0.3 is 5.97 Å². The molecule has 3 aromatic rings. The molecule has 0 radical (unpaired) electrons. The minimum Gasteiger partial charge on any atom is -0.489 e. The topological polar surface area (TPSA) is 111 Å². The summed E-state index contributed by atoms with van der Waals surface area (Å²) >= 11 is 5.76. The standard InChI is InChI=1S/C29H31ClFNO7S/c30-23-9-8-22(27(31)17-23)19-38-24-10-12-26(13-11-24)40(35,36)32-29(28(33)34)18-25(39-20-29)7-4-15-37-16-14-21-5-2-1-3-6-21/h1-3,5-6,8-13,17,25,32H,4,7,14-16,18-20H2,(H,33,34). The zero-order valence-electron chi connectivity index (χ0n) is 21.7. The van der Waals surface area contributed by atoms with Crippen LogP contribution in [0.3, 0.4) is 0 Å². The summed E-state index contributed by atoms with van der Waals surface area (Å²) in [4.78, 5) is 12.0. The Hall–Kier alpha value is -3.02. The summed E-state index contributed by atoms with van der Waals surface area (Å²) in [5.41, 5.74) is -0.296. The SMILES string of the molecule is O=C(O)C1(NS(=O)(=O)c2ccc(OCc3ccc(Cl)cc3F)cc2)COC(CCCOCCc2ccccc2)C1. The summed E-state index contributed by atoms with van der Waals surface area (Å²) < 4.78 is 59.3. The van der Waals surface area contributed by atoms with Gasteiger partial charge in [0.15, 0.2) is 5.54 Å². The molecule has 0 amide bonds. The number of rotatable bonds is 14. The molecule has 1 aliphatic rings. The largest absolute Gasteiger partial charge is 0.489 e. The molecule has 1 aliphatic heterocycles. The summed E-state index contributed by atoms with van der Waals surface area (Å²) in [5.74, 6) is -1.50. The predicted octanol–water partition coefficient (Wildman–Crippen LogP) is 4.99. The lowest BCUT2D eigenvalue weighted by atomic mass is 9.96. The minimum atomic E-state index is -4.19. The van der Waals surface area contributed by atoms with Crippen molar-refractivity contribution in [3.8, 4) is 5.75 Å². The highest BCUT2D eigenvalue weighted by Crippen LogP contribution is 2.30. The normalized spacial score (nSPS) is 19.0. The van der Waals surface area contributed by atoms with Crippen LogP contribution < -0.4 is 9.46 Å². The second-order valence-electron chi connectivity index (χ2n) is 9.62. The predicted molar refractivity (Wildman–Crippen MR) is 147 cm³/mol. The molecule has 0 saturated carbocycles. The van der Waals surface area contributed by atoms with E-state index in [4.69, 9.17) is 25.8 Å². The molecule has 0 aromatic heterocycles. The molecule has 3 aromatic carbocycles. The maximum absolute atomic E-state index is 14.0. The monoisotopic (exact) mass is 591 g/mol. The molecular weight excluding hydrogens is 561 g/mol. The fraction of sp³-hybridized carbons (Fsp3) is 0.345. The Bertz CT molecular complexity index is 1390. The highest BCUT2D eigenvalue weighted by molar-refractivity contribution is 7.89. The summed E-state index contributed by atoms with van der Waals surface area (Å²) in [7, 11) is -4.19. The highest BCUT2D eigenvalue weighted by Gasteiger charge is 2.49. The lowest BCUT2D eigenvalue weighted by molar-refractivity contribution is -0.144.